The Morgan fingerprint density at radius 2 is 0.689 bits per heavy atom. The molecule has 0 spiro atoms. The molecule has 0 aliphatic rings. The summed E-state index contributed by atoms with van der Waals surface area (Å²) in [7, 11) is 0. The highest BCUT2D eigenvalue weighted by atomic mass is 32.1. The fourth-order valence-corrected chi connectivity index (χ4v) is 16.0. The van der Waals surface area contributed by atoms with E-state index in [9.17, 15) is 0 Å². The van der Waals surface area contributed by atoms with Gasteiger partial charge in [-0.3, -0.25) is 0 Å². The summed E-state index contributed by atoms with van der Waals surface area (Å²) in [5.74, 6) is 2.75. The first-order chi connectivity index (χ1) is 56.7. The van der Waals surface area contributed by atoms with Gasteiger partial charge in [-0.25, -0.2) is 29.9 Å². The molecule has 10 heteroatoms. The lowest BCUT2D eigenvalue weighted by Crippen LogP contribution is -2.01. The number of furan rings is 1. The van der Waals surface area contributed by atoms with Crippen molar-refractivity contribution in [1.82, 2.24) is 39.0 Å². The summed E-state index contributed by atoms with van der Waals surface area (Å²) in [4.78, 5) is 30.8. The van der Waals surface area contributed by atoms with E-state index in [0.29, 0.717) is 68.3 Å². The Bertz CT molecular complexity index is 7560. The van der Waals surface area contributed by atoms with Crippen LogP contribution in [0.2, 0.25) is 0 Å². The molecule has 0 aliphatic heterocycles. The van der Waals surface area contributed by atoms with E-state index < -0.39 is 36.3 Å². The predicted octanol–water partition coefficient (Wildman–Crippen LogP) is 25.2. The average Bonchev–Trinajstić information content (AvgIpc) is 1.67. The second kappa shape index (κ2) is 26.1. The fraction of sp³-hybridized carbons (Fsp3) is 0. The maximum absolute atomic E-state index is 8.99. The third kappa shape index (κ3) is 10.9. The number of hydrogen-bond donors (Lipinski definition) is 0. The average molecular weight is 1380 g/mol. The molecule has 0 bridgehead atoms. The van der Waals surface area contributed by atoms with Crippen molar-refractivity contribution in [3.8, 4) is 113 Å². The first-order valence-corrected chi connectivity index (χ1v) is 35.5. The van der Waals surface area contributed by atoms with Crippen LogP contribution in [0, 0.1) is 0 Å². The monoisotopic (exact) mass is 1380 g/mol. The van der Waals surface area contributed by atoms with Gasteiger partial charge in [-0.05, 0) is 113 Å². The highest BCUT2D eigenvalue weighted by Crippen LogP contribution is 2.45. The number of benzene rings is 15. The third-order valence-corrected chi connectivity index (χ3v) is 20.7. The van der Waals surface area contributed by atoms with E-state index in [4.69, 9.17) is 48.0 Å². The van der Waals surface area contributed by atoms with E-state index >= 15 is 0 Å². The number of fused-ring (bicyclic) bond motifs is 12. The minimum absolute atomic E-state index is 0.0712. The van der Waals surface area contributed by atoms with Crippen LogP contribution in [0.25, 0.3) is 199 Å². The van der Waals surface area contributed by atoms with Gasteiger partial charge < -0.3 is 13.6 Å². The largest absolute Gasteiger partial charge is 0.455 e. The normalized spacial score (nSPS) is 12.9. The molecular weight excluding hydrogens is 1310 g/mol. The summed E-state index contributed by atoms with van der Waals surface area (Å²) >= 11 is 1.79. The fourth-order valence-electron chi connectivity index (χ4n) is 14.8. The lowest BCUT2D eigenvalue weighted by Gasteiger charge is -2.13. The highest BCUT2D eigenvalue weighted by Gasteiger charge is 2.24. The summed E-state index contributed by atoms with van der Waals surface area (Å²) in [5, 5.41) is 8.05. The Labute approximate surface area is 627 Å². The molecule has 0 fully saturated rings. The van der Waals surface area contributed by atoms with Crippen molar-refractivity contribution >= 4 is 97.1 Å². The van der Waals surface area contributed by atoms with Crippen molar-refractivity contribution in [3.63, 3.8) is 0 Å². The van der Waals surface area contributed by atoms with Crippen LogP contribution in [-0.4, -0.2) is 39.0 Å². The first kappa shape index (κ1) is 52.0. The van der Waals surface area contributed by atoms with Crippen LogP contribution < -0.4 is 0 Å². The van der Waals surface area contributed by atoms with E-state index in [-0.39, 0.29) is 35.4 Å². The SMILES string of the molecule is [2H]c1c([2H])c([2H])c(-c2cc(-c3nc(-c4ccccc4)nc(-c4cccc5c4c4ccccc4n5-c4ccccc4)n3)cc(-c3cccc4c3oc3ccccc34)c2)c([2H])c1[2H].[2H]c1c([2H])c([2H])c(-n2c3ccccc3c3c(-c4nc(-c5ccccc5)nc(-c5cccc(-c6cccc7c6sc6ccccc67)c5)n4)cccc32)c([2H])c1[2H]. The number of rotatable bonds is 11. The van der Waals surface area contributed by atoms with Gasteiger partial charge in [-0.2, -0.15) is 0 Å². The highest BCUT2D eigenvalue weighted by molar-refractivity contribution is 7.26. The van der Waals surface area contributed by atoms with Crippen LogP contribution in [0.1, 0.15) is 13.7 Å². The summed E-state index contributed by atoms with van der Waals surface area (Å²) in [6.07, 6.45) is 0. The van der Waals surface area contributed by atoms with E-state index in [0.717, 1.165) is 99.1 Å². The van der Waals surface area contributed by atoms with Crippen LogP contribution in [0.3, 0.4) is 0 Å². The lowest BCUT2D eigenvalue weighted by atomic mass is 9.94. The van der Waals surface area contributed by atoms with E-state index in [1.54, 1.807) is 22.0 Å². The molecule has 6 aromatic heterocycles. The minimum atomic E-state index is -0.459. The van der Waals surface area contributed by atoms with Crippen LogP contribution in [-0.2, 0) is 0 Å². The smallest absolute Gasteiger partial charge is 0.164 e. The van der Waals surface area contributed by atoms with E-state index in [1.807, 2.05) is 212 Å². The Morgan fingerprint density at radius 3 is 1.34 bits per heavy atom. The van der Waals surface area contributed by atoms with E-state index in [2.05, 4.69) is 89.5 Å². The Kier molecular flexibility index (Phi) is 12.8. The van der Waals surface area contributed by atoms with Crippen molar-refractivity contribution in [2.45, 2.75) is 0 Å². The second-order valence-corrected chi connectivity index (χ2v) is 26.8. The van der Waals surface area contributed by atoms with Gasteiger partial charge in [0.25, 0.3) is 0 Å². The Balaban J connectivity index is 0.000000150. The zero-order chi connectivity index (χ0) is 78.7. The number of hydrogen-bond acceptors (Lipinski definition) is 8. The standard InChI is InChI=1S/C51H32N4O.C45H28N4S/c1-4-16-33(17-5-1)35-30-36(39-24-14-25-41-40-22-11-13-29-46(40)56-48(39)41)32-37(31-35)50-52-49(34-18-6-2-7-19-34)53-51(54-50)43-26-15-28-45-47(43)42-23-10-12-27-44(42)55(45)38-20-8-3-9-21-38;1-3-14-29(15-4-1)43-46-44(31-17-11-16-30(28-31)33-22-12-23-35-34-20-8-10-27-40(34)50-42(33)35)48-45(47-43)37-24-13-26-39-41(37)36-21-7-9-25-38(36)49(39)32-18-5-2-6-19-32/h1-32H;1-28H/i1D,4D,5D,16D,17D;2D,5D,6D,18D,19D. The van der Waals surface area contributed by atoms with Gasteiger partial charge in [-0.1, -0.05) is 279 Å². The zero-order valence-corrected chi connectivity index (χ0v) is 57.1. The third-order valence-electron chi connectivity index (χ3n) is 19.5. The van der Waals surface area contributed by atoms with Crippen LogP contribution in [0.4, 0.5) is 0 Å². The van der Waals surface area contributed by atoms with Crippen molar-refractivity contribution < 1.29 is 18.1 Å². The van der Waals surface area contributed by atoms with Gasteiger partial charge in [0.1, 0.15) is 11.2 Å². The molecule has 0 saturated heterocycles. The molecule has 0 N–H and O–H groups in total. The summed E-state index contributed by atoms with van der Waals surface area (Å²) < 4.78 is 99.2. The molecule has 496 valence electrons. The molecule has 106 heavy (non-hydrogen) atoms. The molecule has 0 radical (unpaired) electrons. The molecule has 15 aromatic carbocycles. The molecule has 0 unspecified atom stereocenters. The molecular formula is C96H60N8OS. The number of nitrogens with zero attached hydrogens (tertiary/aromatic N) is 8. The number of para-hydroxylation sites is 6. The van der Waals surface area contributed by atoms with Gasteiger partial charge in [0, 0.05) is 103 Å². The molecule has 9 nitrogen and oxygen atoms in total. The number of aromatic nitrogens is 8. The van der Waals surface area contributed by atoms with Gasteiger partial charge in [0.15, 0.2) is 34.9 Å². The zero-order valence-electron chi connectivity index (χ0n) is 66.3. The van der Waals surface area contributed by atoms with Crippen molar-refractivity contribution in [3.05, 3.63) is 364 Å². The number of thiophene rings is 1. The summed E-state index contributed by atoms with van der Waals surface area (Å²) in [5.41, 5.74) is 14.6. The van der Waals surface area contributed by atoms with Crippen molar-refractivity contribution in [2.24, 2.45) is 0 Å². The lowest BCUT2D eigenvalue weighted by molar-refractivity contribution is 0.670. The second-order valence-electron chi connectivity index (χ2n) is 25.7. The molecule has 0 amide bonds. The first-order valence-electron chi connectivity index (χ1n) is 39.7. The molecule has 0 atom stereocenters. The van der Waals surface area contributed by atoms with Gasteiger partial charge >= 0.3 is 0 Å². The molecule has 6 heterocycles. The van der Waals surface area contributed by atoms with Crippen molar-refractivity contribution in [2.75, 3.05) is 0 Å². The van der Waals surface area contributed by atoms with Crippen LogP contribution in [0.5, 0.6) is 0 Å². The van der Waals surface area contributed by atoms with Crippen LogP contribution in [0.15, 0.2) is 368 Å². The summed E-state index contributed by atoms with van der Waals surface area (Å²) in [6.45, 7) is 0. The maximum Gasteiger partial charge on any atom is 0.164 e. The molecule has 21 rings (SSSR count). The maximum atomic E-state index is 8.99. The predicted molar refractivity (Wildman–Crippen MR) is 437 cm³/mol. The van der Waals surface area contributed by atoms with Crippen LogP contribution >= 0.6 is 11.3 Å². The topological polar surface area (TPSA) is 100 Å². The van der Waals surface area contributed by atoms with Gasteiger partial charge in [0.2, 0.25) is 0 Å². The minimum Gasteiger partial charge on any atom is -0.455 e. The molecule has 0 saturated carbocycles. The van der Waals surface area contributed by atoms with Crippen molar-refractivity contribution in [1.29, 1.82) is 0 Å². The summed E-state index contributed by atoms with van der Waals surface area (Å²) in [6, 6.07) is 96.8. The van der Waals surface area contributed by atoms with Gasteiger partial charge in [0.05, 0.1) is 35.8 Å². The Morgan fingerprint density at radius 1 is 0.264 bits per heavy atom. The van der Waals surface area contributed by atoms with E-state index in [1.165, 1.54) is 20.2 Å². The molecule has 0 aliphatic carbocycles. The Hall–Kier alpha value is -14.1. The molecule has 21 aromatic rings. The van der Waals surface area contributed by atoms with Gasteiger partial charge in [-0.15, -0.1) is 11.3 Å². The quantitative estimate of drug-likeness (QED) is 0.127.